The average molecular weight is 825 g/mol. The van der Waals surface area contributed by atoms with Gasteiger partial charge in [-0.2, -0.15) is 0 Å². The number of rotatable bonds is 35. The molecule has 0 heterocycles. The van der Waals surface area contributed by atoms with Crippen LogP contribution in [0.4, 0.5) is 0 Å². The van der Waals surface area contributed by atoms with E-state index in [1.165, 1.54) is 176 Å². The van der Waals surface area contributed by atoms with Gasteiger partial charge in [0.2, 0.25) is 0 Å². The first-order chi connectivity index (χ1) is 28.6. The number of allylic oxidation sites excluding steroid dienone is 7. The number of carbonyl (C=O) groups is 1. The van der Waals surface area contributed by atoms with E-state index in [1.807, 2.05) is 6.92 Å². The Morgan fingerprint density at radius 2 is 1.05 bits per heavy atom. The summed E-state index contributed by atoms with van der Waals surface area (Å²) in [5.41, 5.74) is 4.68. The highest BCUT2D eigenvalue weighted by Gasteiger charge is 2.30. The van der Waals surface area contributed by atoms with Crippen molar-refractivity contribution in [3.8, 4) is 0 Å². The van der Waals surface area contributed by atoms with Crippen molar-refractivity contribution in [2.75, 3.05) is 13.2 Å². The van der Waals surface area contributed by atoms with Gasteiger partial charge in [-0.3, -0.25) is 4.79 Å². The standard InChI is InChI=1S/C55H100O4/c1-49(2)36-35-46-55(5,58)53-44-42-50(3)37-33-39-52(40-34-38-51(4)43-45-53)48-59-54(57)41-31-29-27-25-23-21-19-17-15-13-11-9-7-6-8-10-12-14-16-18-20-22-24-26-28-30-32-47-56/h36-37,40,43,53,56,58H,6-35,38-39,41-42,44-48H2,1-5H3/b50-37+,51-43-,52-40-/t53-,55+/m0/s1. The third-order valence-corrected chi connectivity index (χ3v) is 13.1. The molecule has 0 radical (unpaired) electrons. The number of esters is 1. The van der Waals surface area contributed by atoms with Crippen LogP contribution >= 0.6 is 0 Å². The van der Waals surface area contributed by atoms with Gasteiger partial charge in [0.25, 0.3) is 0 Å². The van der Waals surface area contributed by atoms with Crippen LogP contribution in [0, 0.1) is 5.92 Å². The topological polar surface area (TPSA) is 66.8 Å². The normalized spacial score (nSPS) is 19.4. The first-order valence-electron chi connectivity index (χ1n) is 25.8. The summed E-state index contributed by atoms with van der Waals surface area (Å²) in [6, 6.07) is 0. The van der Waals surface area contributed by atoms with Gasteiger partial charge in [0.15, 0.2) is 0 Å². The summed E-state index contributed by atoms with van der Waals surface area (Å²) in [4.78, 5) is 12.6. The van der Waals surface area contributed by atoms with Gasteiger partial charge in [-0.1, -0.05) is 202 Å². The van der Waals surface area contributed by atoms with Crippen LogP contribution in [-0.4, -0.2) is 35.0 Å². The maximum absolute atomic E-state index is 12.6. The van der Waals surface area contributed by atoms with Crippen molar-refractivity contribution >= 4 is 5.97 Å². The number of ether oxygens (including phenoxy) is 1. The van der Waals surface area contributed by atoms with Crippen LogP contribution in [0.1, 0.15) is 272 Å². The van der Waals surface area contributed by atoms with Crippen LogP contribution in [0.5, 0.6) is 0 Å². The van der Waals surface area contributed by atoms with Gasteiger partial charge in [0, 0.05) is 13.0 Å². The Labute approximate surface area is 368 Å². The predicted octanol–water partition coefficient (Wildman–Crippen LogP) is 17.1. The molecule has 1 aliphatic carbocycles. The summed E-state index contributed by atoms with van der Waals surface area (Å²) in [7, 11) is 0. The molecule has 0 fully saturated rings. The van der Waals surface area contributed by atoms with Crippen molar-refractivity contribution in [1.82, 2.24) is 0 Å². The van der Waals surface area contributed by atoms with Gasteiger partial charge >= 0.3 is 5.97 Å². The molecule has 0 aromatic carbocycles. The Morgan fingerprint density at radius 3 is 1.51 bits per heavy atom. The second kappa shape index (κ2) is 39.2. The molecule has 59 heavy (non-hydrogen) atoms. The average Bonchev–Trinajstić information content (AvgIpc) is 3.20. The molecule has 0 spiro atoms. The Hall–Kier alpha value is -1.65. The maximum Gasteiger partial charge on any atom is 0.306 e. The molecule has 0 aliphatic heterocycles. The van der Waals surface area contributed by atoms with E-state index in [1.54, 1.807) is 0 Å². The van der Waals surface area contributed by atoms with E-state index < -0.39 is 5.60 Å². The Bertz CT molecular complexity index is 1110. The molecule has 0 amide bonds. The van der Waals surface area contributed by atoms with E-state index in [2.05, 4.69) is 52.0 Å². The molecule has 0 saturated carbocycles. The molecule has 0 aromatic rings. The zero-order valence-electron chi connectivity index (χ0n) is 40.2. The molecule has 4 nitrogen and oxygen atoms in total. The molecule has 4 heteroatoms. The smallest absolute Gasteiger partial charge is 0.306 e. The maximum atomic E-state index is 12.6. The van der Waals surface area contributed by atoms with E-state index in [9.17, 15) is 9.90 Å². The summed E-state index contributed by atoms with van der Waals surface area (Å²) < 4.78 is 5.79. The fourth-order valence-electron chi connectivity index (χ4n) is 8.78. The highest BCUT2D eigenvalue weighted by molar-refractivity contribution is 5.69. The number of carbonyl (C=O) groups excluding carboxylic acids is 1. The van der Waals surface area contributed by atoms with E-state index in [0.29, 0.717) is 19.6 Å². The molecule has 0 unspecified atom stereocenters. The van der Waals surface area contributed by atoms with E-state index in [4.69, 9.17) is 9.84 Å². The number of hydrogen-bond donors (Lipinski definition) is 2. The number of unbranched alkanes of at least 4 members (excludes halogenated alkanes) is 26. The second-order valence-corrected chi connectivity index (χ2v) is 19.4. The third kappa shape index (κ3) is 35.6. The minimum Gasteiger partial charge on any atom is -0.461 e. The zero-order chi connectivity index (χ0) is 43.1. The van der Waals surface area contributed by atoms with Crippen molar-refractivity contribution in [3.63, 3.8) is 0 Å². The Balaban J connectivity index is 2.04. The second-order valence-electron chi connectivity index (χ2n) is 19.4. The molecule has 1 aliphatic rings. The molecular weight excluding hydrogens is 725 g/mol. The van der Waals surface area contributed by atoms with Crippen LogP contribution in [0.2, 0.25) is 0 Å². The summed E-state index contributed by atoms with van der Waals surface area (Å²) in [6.45, 7) is 11.5. The molecule has 0 saturated heterocycles. The summed E-state index contributed by atoms with van der Waals surface area (Å²) in [5.74, 6) is 0.214. The van der Waals surface area contributed by atoms with Gasteiger partial charge in [0.1, 0.15) is 6.61 Å². The van der Waals surface area contributed by atoms with Gasteiger partial charge in [0.05, 0.1) is 5.60 Å². The predicted molar refractivity (Wildman–Crippen MR) is 258 cm³/mol. The molecule has 344 valence electrons. The molecular formula is C55H100O4. The third-order valence-electron chi connectivity index (χ3n) is 13.1. The van der Waals surface area contributed by atoms with E-state index in [0.717, 1.165) is 77.0 Å². The first kappa shape index (κ1) is 55.4. The number of aliphatic hydroxyl groups is 2. The Morgan fingerprint density at radius 1 is 0.627 bits per heavy atom. The van der Waals surface area contributed by atoms with Gasteiger partial charge in [-0.25, -0.2) is 0 Å². The van der Waals surface area contributed by atoms with Gasteiger partial charge < -0.3 is 14.9 Å². The van der Waals surface area contributed by atoms with Gasteiger partial charge in [-0.15, -0.1) is 0 Å². The SMILES string of the molecule is CC(C)=CCC[C@@](C)(O)[C@@H]1C/C=C(/C)CC/C=C(\COC(=O)CCCCCCCCCCCCCCCCCCCCCCCCCCCCCO)CC/C=C(\C)CC1. The minimum atomic E-state index is -0.668. The van der Waals surface area contributed by atoms with Crippen LogP contribution in [0.15, 0.2) is 46.6 Å². The molecule has 1 rings (SSSR count). The zero-order valence-corrected chi connectivity index (χ0v) is 40.2. The molecule has 0 bridgehead atoms. The fourth-order valence-corrected chi connectivity index (χ4v) is 8.78. The lowest BCUT2D eigenvalue weighted by Crippen LogP contribution is -2.34. The number of aliphatic hydroxyl groups excluding tert-OH is 1. The summed E-state index contributed by atoms with van der Waals surface area (Å²) in [5, 5.41) is 20.3. The van der Waals surface area contributed by atoms with Crippen LogP contribution in [0.3, 0.4) is 0 Å². The fraction of sp³-hybridized carbons (Fsp3) is 0.836. The van der Waals surface area contributed by atoms with E-state index in [-0.39, 0.29) is 11.9 Å². The highest BCUT2D eigenvalue weighted by Crippen LogP contribution is 2.33. The van der Waals surface area contributed by atoms with Crippen molar-refractivity contribution in [2.24, 2.45) is 5.92 Å². The van der Waals surface area contributed by atoms with Crippen LogP contribution in [0.25, 0.3) is 0 Å². The van der Waals surface area contributed by atoms with Crippen LogP contribution < -0.4 is 0 Å². The largest absolute Gasteiger partial charge is 0.461 e. The lowest BCUT2D eigenvalue weighted by Gasteiger charge is -2.33. The number of hydrogen-bond acceptors (Lipinski definition) is 4. The molecule has 2 atom stereocenters. The van der Waals surface area contributed by atoms with Crippen molar-refractivity contribution in [1.29, 1.82) is 0 Å². The lowest BCUT2D eigenvalue weighted by molar-refractivity contribution is -0.142. The van der Waals surface area contributed by atoms with Gasteiger partial charge in [-0.05, 0) is 117 Å². The molecule has 0 aromatic heterocycles. The summed E-state index contributed by atoms with van der Waals surface area (Å²) in [6.07, 6.45) is 54.8. The molecule has 2 N–H and O–H groups in total. The van der Waals surface area contributed by atoms with Crippen molar-refractivity contribution in [2.45, 2.75) is 278 Å². The monoisotopic (exact) mass is 825 g/mol. The Kier molecular flexibility index (Phi) is 36.8. The highest BCUT2D eigenvalue weighted by atomic mass is 16.5. The quantitative estimate of drug-likeness (QED) is 0.0379. The summed E-state index contributed by atoms with van der Waals surface area (Å²) >= 11 is 0. The minimum absolute atomic E-state index is 0.0406. The van der Waals surface area contributed by atoms with Crippen molar-refractivity contribution in [3.05, 3.63) is 46.6 Å². The lowest BCUT2D eigenvalue weighted by atomic mass is 9.79. The first-order valence-corrected chi connectivity index (χ1v) is 25.8. The van der Waals surface area contributed by atoms with E-state index >= 15 is 0 Å². The van der Waals surface area contributed by atoms with Crippen molar-refractivity contribution < 1.29 is 19.7 Å². The van der Waals surface area contributed by atoms with Crippen LogP contribution in [-0.2, 0) is 9.53 Å².